The standard InChI is InChI=1S/C44H55N3O12/c1-27-22-34(48)37(47(8)41(52)56-26-28-14-11-10-12-15-28)30-17-19-36(57-42(53)59-44(5,6)7)32(25-30)31-23-29(24-33(39(50)54-9)46-38(27)49)16-18-35(31)55-21-13-20-45-40(51)58-43(2,3)4/h10-12,14-19,23,25,27,33,37H,13,20-22,24,26H2,1-9H3,(H,45,51)(H,46,49)/t27-,33+,37+/m1/s1. The van der Waals surface area contributed by atoms with Crippen molar-refractivity contribution in [2.45, 2.75) is 97.6 Å². The van der Waals surface area contributed by atoms with Gasteiger partial charge in [0.2, 0.25) is 5.91 Å². The smallest absolute Gasteiger partial charge is 0.493 e. The third-order valence-electron chi connectivity index (χ3n) is 8.87. The Bertz CT molecular complexity index is 1990. The number of esters is 1. The van der Waals surface area contributed by atoms with Gasteiger partial charge >= 0.3 is 24.3 Å². The van der Waals surface area contributed by atoms with E-state index in [1.54, 1.807) is 90.9 Å². The zero-order valence-electron chi connectivity index (χ0n) is 35.2. The molecule has 2 N–H and O–H groups in total. The maximum atomic E-state index is 14.3. The van der Waals surface area contributed by atoms with Gasteiger partial charge in [-0.15, -0.1) is 0 Å². The first-order valence-corrected chi connectivity index (χ1v) is 19.4. The zero-order valence-corrected chi connectivity index (χ0v) is 35.2. The number of likely N-dealkylation sites (N-methyl/N-ethyl adjacent to an activating group) is 1. The van der Waals surface area contributed by atoms with Crippen LogP contribution in [0.4, 0.5) is 14.4 Å². The van der Waals surface area contributed by atoms with Crippen molar-refractivity contribution in [3.63, 3.8) is 0 Å². The van der Waals surface area contributed by atoms with E-state index in [1.165, 1.54) is 20.2 Å². The van der Waals surface area contributed by atoms with Gasteiger partial charge in [0.05, 0.1) is 13.7 Å². The highest BCUT2D eigenvalue weighted by Gasteiger charge is 2.35. The molecule has 0 unspecified atom stereocenters. The number of amides is 3. The summed E-state index contributed by atoms with van der Waals surface area (Å²) in [5.74, 6) is -2.35. The van der Waals surface area contributed by atoms with E-state index < -0.39 is 65.2 Å². The average Bonchev–Trinajstić information content (AvgIpc) is 3.15. The minimum absolute atomic E-state index is 0.00721. The molecule has 1 aliphatic heterocycles. The number of Topliss-reactive ketones (excluding diaryl/α,β-unsaturated/α-hetero) is 1. The van der Waals surface area contributed by atoms with E-state index in [0.717, 1.165) is 10.5 Å². The van der Waals surface area contributed by atoms with Crippen LogP contribution in [0.25, 0.3) is 11.1 Å². The Morgan fingerprint density at radius 1 is 0.847 bits per heavy atom. The van der Waals surface area contributed by atoms with E-state index in [1.807, 2.05) is 18.2 Å². The molecule has 3 aromatic carbocycles. The molecule has 0 saturated carbocycles. The molecule has 4 bridgehead atoms. The molecule has 1 aliphatic rings. The number of ketones is 1. The average molecular weight is 818 g/mol. The number of nitrogens with zero attached hydrogens (tertiary/aromatic N) is 1. The fourth-order valence-electron chi connectivity index (χ4n) is 6.12. The Morgan fingerprint density at radius 3 is 2.17 bits per heavy atom. The molecule has 0 radical (unpaired) electrons. The minimum atomic E-state index is -1.28. The number of rotatable bonds is 10. The summed E-state index contributed by atoms with van der Waals surface area (Å²) < 4.78 is 33.5. The summed E-state index contributed by atoms with van der Waals surface area (Å²) in [4.78, 5) is 81.0. The molecule has 3 amide bonds. The van der Waals surface area contributed by atoms with Gasteiger partial charge in [-0.1, -0.05) is 49.4 Å². The monoisotopic (exact) mass is 817 g/mol. The predicted molar refractivity (Wildman–Crippen MR) is 217 cm³/mol. The normalized spacial score (nSPS) is 17.0. The molecule has 59 heavy (non-hydrogen) atoms. The first-order chi connectivity index (χ1) is 27.7. The van der Waals surface area contributed by atoms with Gasteiger partial charge in [-0.2, -0.15) is 0 Å². The highest BCUT2D eigenvalue weighted by atomic mass is 16.7. The molecule has 15 heteroatoms. The lowest BCUT2D eigenvalue weighted by molar-refractivity contribution is -0.145. The molecule has 15 nitrogen and oxygen atoms in total. The van der Waals surface area contributed by atoms with Crippen molar-refractivity contribution >= 4 is 36.0 Å². The van der Waals surface area contributed by atoms with Crippen LogP contribution in [0.1, 0.15) is 84.0 Å². The number of hydrogen-bond donors (Lipinski definition) is 2. The Hall–Kier alpha value is -6.12. The third-order valence-corrected chi connectivity index (χ3v) is 8.87. The number of nitrogens with one attached hydrogen (secondary N) is 2. The number of fused-ring (bicyclic) bond motifs is 5. The van der Waals surface area contributed by atoms with E-state index in [-0.39, 0.29) is 43.9 Å². The molecule has 0 aromatic heterocycles. The van der Waals surface area contributed by atoms with Crippen molar-refractivity contribution in [2.24, 2.45) is 5.92 Å². The van der Waals surface area contributed by atoms with Crippen molar-refractivity contribution in [3.05, 3.63) is 83.4 Å². The molecule has 0 saturated heterocycles. The molecule has 0 fully saturated rings. The number of hydrogen-bond acceptors (Lipinski definition) is 12. The maximum absolute atomic E-state index is 14.3. The number of methoxy groups -OCH3 is 1. The number of benzene rings is 3. The minimum Gasteiger partial charge on any atom is -0.493 e. The lowest BCUT2D eigenvalue weighted by Gasteiger charge is -2.29. The summed E-state index contributed by atoms with van der Waals surface area (Å²) in [5, 5.41) is 5.42. The second-order valence-electron chi connectivity index (χ2n) is 16.2. The Balaban J connectivity index is 1.84. The lowest BCUT2D eigenvalue weighted by Crippen LogP contribution is -2.46. The molecule has 3 aromatic rings. The molecular weight excluding hydrogens is 762 g/mol. The second kappa shape index (κ2) is 20.0. The van der Waals surface area contributed by atoms with E-state index in [2.05, 4.69) is 10.6 Å². The highest BCUT2D eigenvalue weighted by Crippen LogP contribution is 2.41. The number of ether oxygens (including phenoxy) is 6. The van der Waals surface area contributed by atoms with E-state index in [4.69, 9.17) is 28.4 Å². The number of alkyl carbamates (subject to hydrolysis) is 1. The van der Waals surface area contributed by atoms with Gasteiger partial charge in [0.25, 0.3) is 0 Å². The number of carbonyl (C=O) groups excluding carboxylic acids is 6. The van der Waals surface area contributed by atoms with Crippen LogP contribution in [0.2, 0.25) is 0 Å². The first kappa shape index (κ1) is 45.6. The van der Waals surface area contributed by atoms with Crippen LogP contribution in [0, 0.1) is 5.92 Å². The van der Waals surface area contributed by atoms with E-state index >= 15 is 0 Å². The lowest BCUT2D eigenvalue weighted by atomic mass is 9.90. The second-order valence-corrected chi connectivity index (χ2v) is 16.2. The van der Waals surface area contributed by atoms with Gasteiger partial charge in [-0.25, -0.2) is 19.2 Å². The molecule has 3 atom stereocenters. The van der Waals surface area contributed by atoms with Crippen molar-refractivity contribution < 1.29 is 57.2 Å². The quantitative estimate of drug-likeness (QED) is 0.0919. The van der Waals surface area contributed by atoms with Crippen LogP contribution in [0.3, 0.4) is 0 Å². The summed E-state index contributed by atoms with van der Waals surface area (Å²) in [5.41, 5.74) is 0.720. The summed E-state index contributed by atoms with van der Waals surface area (Å²) in [6.07, 6.45) is -2.32. The molecular formula is C44H55N3O12. The topological polar surface area (TPSA) is 185 Å². The van der Waals surface area contributed by atoms with E-state index in [0.29, 0.717) is 28.9 Å². The number of carbonyl (C=O) groups is 6. The van der Waals surface area contributed by atoms with Gasteiger partial charge in [0, 0.05) is 43.5 Å². The third kappa shape index (κ3) is 13.8. The van der Waals surface area contributed by atoms with Crippen LogP contribution in [0.5, 0.6) is 11.5 Å². The van der Waals surface area contributed by atoms with Gasteiger partial charge in [0.15, 0.2) is 5.78 Å². The molecule has 4 rings (SSSR count). The molecule has 0 spiro atoms. The molecule has 318 valence electrons. The highest BCUT2D eigenvalue weighted by molar-refractivity contribution is 5.94. The van der Waals surface area contributed by atoms with Crippen molar-refractivity contribution in [2.75, 3.05) is 27.3 Å². The van der Waals surface area contributed by atoms with Gasteiger partial charge in [-0.05, 0) is 88.9 Å². The molecule has 0 aliphatic carbocycles. The van der Waals surface area contributed by atoms with Crippen LogP contribution in [-0.4, -0.2) is 85.5 Å². The van der Waals surface area contributed by atoms with Crippen molar-refractivity contribution in [3.8, 4) is 22.6 Å². The zero-order chi connectivity index (χ0) is 43.5. The summed E-state index contributed by atoms with van der Waals surface area (Å²) in [6, 6.07) is 16.3. The van der Waals surface area contributed by atoms with Crippen LogP contribution < -0.4 is 20.1 Å². The van der Waals surface area contributed by atoms with Crippen LogP contribution in [-0.2, 0) is 46.4 Å². The Morgan fingerprint density at radius 2 is 1.51 bits per heavy atom. The Kier molecular flexibility index (Phi) is 15.5. The largest absolute Gasteiger partial charge is 0.514 e. The summed E-state index contributed by atoms with van der Waals surface area (Å²) >= 11 is 0. The summed E-state index contributed by atoms with van der Waals surface area (Å²) in [7, 11) is 2.62. The van der Waals surface area contributed by atoms with Crippen LogP contribution >= 0.6 is 0 Å². The van der Waals surface area contributed by atoms with E-state index in [9.17, 15) is 28.8 Å². The fraction of sp³-hybridized carbons (Fsp3) is 0.455. The SMILES string of the molecule is COC(=O)[C@@H]1Cc2ccc(OCCCNC(=O)OC(C)(C)C)c(c2)-c2cc(ccc2OC(=O)OC(C)(C)C)[C@H](N(C)C(=O)OCc2ccccc2)C(=O)C[C@@H](C)C(=O)N1. The fourth-order valence-corrected chi connectivity index (χ4v) is 6.12. The van der Waals surface area contributed by atoms with Crippen molar-refractivity contribution in [1.29, 1.82) is 0 Å². The maximum Gasteiger partial charge on any atom is 0.514 e. The van der Waals surface area contributed by atoms with Crippen molar-refractivity contribution in [1.82, 2.24) is 15.5 Å². The van der Waals surface area contributed by atoms with Crippen LogP contribution in [0.15, 0.2) is 66.7 Å². The Labute approximate surface area is 345 Å². The summed E-state index contributed by atoms with van der Waals surface area (Å²) in [6.45, 7) is 12.2. The first-order valence-electron chi connectivity index (χ1n) is 19.4. The van der Waals surface area contributed by atoms with Gasteiger partial charge in [-0.3, -0.25) is 14.5 Å². The predicted octanol–water partition coefficient (Wildman–Crippen LogP) is 7.08. The van der Waals surface area contributed by atoms with Gasteiger partial charge < -0.3 is 39.1 Å². The molecule has 1 heterocycles. The van der Waals surface area contributed by atoms with Gasteiger partial charge in [0.1, 0.15) is 41.4 Å².